The van der Waals surface area contributed by atoms with Gasteiger partial charge in [-0.2, -0.15) is 0 Å². The van der Waals surface area contributed by atoms with Crippen LogP contribution in [0.25, 0.3) is 12.2 Å². The predicted octanol–water partition coefficient (Wildman–Crippen LogP) is 4.88. The summed E-state index contributed by atoms with van der Waals surface area (Å²) in [6.07, 6.45) is 8.61. The van der Waals surface area contributed by atoms with E-state index in [4.69, 9.17) is 0 Å². The third kappa shape index (κ3) is 4.60. The Balaban J connectivity index is 1.68. The second-order valence-corrected chi connectivity index (χ2v) is 7.05. The Labute approximate surface area is 157 Å². The van der Waals surface area contributed by atoms with Gasteiger partial charge < -0.3 is 4.90 Å². The number of pyridine rings is 1. The molecule has 0 bridgehead atoms. The maximum Gasteiger partial charge on any atom is 0.174 e. The van der Waals surface area contributed by atoms with Gasteiger partial charge in [0, 0.05) is 37.5 Å². The van der Waals surface area contributed by atoms with Crippen LogP contribution >= 0.6 is 0 Å². The molecule has 0 aliphatic rings. The largest absolute Gasteiger partial charge is 0.378 e. The predicted molar refractivity (Wildman–Crippen MR) is 111 cm³/mol. The summed E-state index contributed by atoms with van der Waals surface area (Å²) < 4.78 is 2.23. The molecule has 0 radical (unpaired) electrons. The van der Waals surface area contributed by atoms with Gasteiger partial charge in [0.15, 0.2) is 18.9 Å². The summed E-state index contributed by atoms with van der Waals surface area (Å²) in [6.45, 7) is 5.23. The maximum absolute atomic E-state index is 2.27. The van der Waals surface area contributed by atoms with Gasteiger partial charge in [0.05, 0.1) is 0 Å². The lowest BCUT2D eigenvalue weighted by atomic mass is 10.1. The first kappa shape index (κ1) is 17.9. The highest BCUT2D eigenvalue weighted by atomic mass is 15.1. The summed E-state index contributed by atoms with van der Waals surface area (Å²) in [5, 5.41) is 0. The molecule has 0 N–H and O–H groups in total. The van der Waals surface area contributed by atoms with Crippen molar-refractivity contribution in [1.29, 1.82) is 0 Å². The van der Waals surface area contributed by atoms with Crippen LogP contribution in [0.3, 0.4) is 0 Å². The Bertz CT molecular complexity index is 888. The quantitative estimate of drug-likeness (QED) is 0.599. The van der Waals surface area contributed by atoms with Crippen LogP contribution in [0.2, 0.25) is 0 Å². The van der Waals surface area contributed by atoms with Crippen LogP contribution in [0, 0.1) is 13.8 Å². The topological polar surface area (TPSA) is 7.12 Å². The van der Waals surface area contributed by atoms with Crippen LogP contribution in [0.15, 0.2) is 67.0 Å². The average Bonchev–Trinajstić information content (AvgIpc) is 2.64. The van der Waals surface area contributed by atoms with E-state index < -0.39 is 0 Å². The summed E-state index contributed by atoms with van der Waals surface area (Å²) in [5.74, 6) is 0. The van der Waals surface area contributed by atoms with Crippen molar-refractivity contribution in [3.63, 3.8) is 0 Å². The van der Waals surface area contributed by atoms with Crippen LogP contribution in [0.1, 0.15) is 27.8 Å². The van der Waals surface area contributed by atoms with E-state index in [1.54, 1.807) is 0 Å². The molecule has 0 fully saturated rings. The lowest BCUT2D eigenvalue weighted by Gasteiger charge is -2.11. The molecule has 132 valence electrons. The first-order valence-corrected chi connectivity index (χ1v) is 9.02. The zero-order chi connectivity index (χ0) is 18.5. The molecule has 0 saturated heterocycles. The van der Waals surface area contributed by atoms with E-state index in [1.807, 2.05) is 0 Å². The van der Waals surface area contributed by atoms with Crippen molar-refractivity contribution >= 4 is 17.8 Å². The molecule has 0 aliphatic carbocycles. The van der Waals surface area contributed by atoms with E-state index in [2.05, 4.69) is 117 Å². The van der Waals surface area contributed by atoms with Gasteiger partial charge in [-0.05, 0) is 48.7 Å². The van der Waals surface area contributed by atoms with Gasteiger partial charge in [-0.1, -0.05) is 42.0 Å². The van der Waals surface area contributed by atoms with Crippen LogP contribution < -0.4 is 9.47 Å². The molecule has 2 heteroatoms. The lowest BCUT2D eigenvalue weighted by molar-refractivity contribution is -0.688. The number of rotatable bonds is 5. The Morgan fingerprint density at radius 1 is 0.808 bits per heavy atom. The fourth-order valence-corrected chi connectivity index (χ4v) is 2.93. The van der Waals surface area contributed by atoms with Crippen LogP contribution in [-0.2, 0) is 6.54 Å². The summed E-state index contributed by atoms with van der Waals surface area (Å²) in [6, 6.07) is 19.5. The van der Waals surface area contributed by atoms with E-state index in [0.29, 0.717) is 0 Å². The van der Waals surface area contributed by atoms with Crippen molar-refractivity contribution < 1.29 is 4.57 Å². The molecule has 26 heavy (non-hydrogen) atoms. The standard InChI is InChI=1S/C24H27N2/c1-19-5-6-20(2)23(17-19)18-26-15-13-22(14-16-26)8-7-21-9-11-24(12-10-21)25(3)4/h5-17H,18H2,1-4H3/q+1. The van der Waals surface area contributed by atoms with Crippen LogP contribution in [0.5, 0.6) is 0 Å². The van der Waals surface area contributed by atoms with Crippen molar-refractivity contribution in [2.75, 3.05) is 19.0 Å². The molecule has 0 saturated carbocycles. The Kier molecular flexibility index (Phi) is 5.52. The highest BCUT2D eigenvalue weighted by Crippen LogP contribution is 2.14. The normalized spacial score (nSPS) is 11.1. The van der Waals surface area contributed by atoms with Crippen molar-refractivity contribution in [3.8, 4) is 0 Å². The van der Waals surface area contributed by atoms with E-state index in [0.717, 1.165) is 6.54 Å². The fourth-order valence-electron chi connectivity index (χ4n) is 2.93. The molecular weight excluding hydrogens is 316 g/mol. The Morgan fingerprint density at radius 2 is 1.42 bits per heavy atom. The second-order valence-electron chi connectivity index (χ2n) is 7.05. The molecule has 2 nitrogen and oxygen atoms in total. The van der Waals surface area contributed by atoms with Crippen LogP contribution in [0.4, 0.5) is 5.69 Å². The van der Waals surface area contributed by atoms with Crippen molar-refractivity contribution in [1.82, 2.24) is 0 Å². The average molecular weight is 343 g/mol. The number of nitrogens with zero attached hydrogens (tertiary/aromatic N) is 2. The highest BCUT2D eigenvalue weighted by Gasteiger charge is 2.05. The van der Waals surface area contributed by atoms with Gasteiger partial charge in [-0.15, -0.1) is 0 Å². The van der Waals surface area contributed by atoms with E-state index in [1.165, 1.54) is 33.5 Å². The third-order valence-electron chi connectivity index (χ3n) is 4.65. The van der Waals surface area contributed by atoms with Gasteiger partial charge in [0.25, 0.3) is 0 Å². The molecule has 0 amide bonds. The van der Waals surface area contributed by atoms with Crippen LogP contribution in [-0.4, -0.2) is 14.1 Å². The summed E-state index contributed by atoms with van der Waals surface area (Å²) in [4.78, 5) is 2.11. The van der Waals surface area contributed by atoms with Gasteiger partial charge in [-0.25, -0.2) is 4.57 Å². The number of benzene rings is 2. The molecule has 1 heterocycles. The van der Waals surface area contributed by atoms with Crippen molar-refractivity contribution in [3.05, 3.63) is 94.8 Å². The number of aromatic nitrogens is 1. The molecule has 3 aromatic rings. The minimum Gasteiger partial charge on any atom is -0.378 e. The first-order chi connectivity index (χ1) is 12.5. The zero-order valence-corrected chi connectivity index (χ0v) is 16.1. The van der Waals surface area contributed by atoms with Crippen molar-refractivity contribution in [2.45, 2.75) is 20.4 Å². The number of aryl methyl sites for hydroxylation is 2. The Hall–Kier alpha value is -2.87. The summed E-state index contributed by atoms with van der Waals surface area (Å²) in [7, 11) is 4.12. The zero-order valence-electron chi connectivity index (χ0n) is 16.1. The molecule has 2 aromatic carbocycles. The van der Waals surface area contributed by atoms with Gasteiger partial charge in [-0.3, -0.25) is 0 Å². The van der Waals surface area contributed by atoms with Gasteiger partial charge in [0.2, 0.25) is 0 Å². The van der Waals surface area contributed by atoms with Gasteiger partial charge in [0.1, 0.15) is 0 Å². The number of anilines is 1. The summed E-state index contributed by atoms with van der Waals surface area (Å²) >= 11 is 0. The first-order valence-electron chi connectivity index (χ1n) is 9.02. The number of hydrogen-bond acceptors (Lipinski definition) is 1. The van der Waals surface area contributed by atoms with E-state index in [9.17, 15) is 0 Å². The lowest BCUT2D eigenvalue weighted by Crippen LogP contribution is -2.33. The maximum atomic E-state index is 2.27. The molecule has 0 atom stereocenters. The third-order valence-corrected chi connectivity index (χ3v) is 4.65. The summed E-state index contributed by atoms with van der Waals surface area (Å²) in [5.41, 5.74) is 7.66. The minimum atomic E-state index is 0.906. The SMILES string of the molecule is Cc1ccc(C)c(C[n+]2ccc(C=Cc3ccc(N(C)C)cc3)cc2)c1. The van der Waals surface area contributed by atoms with E-state index in [-0.39, 0.29) is 0 Å². The monoisotopic (exact) mass is 343 g/mol. The molecule has 3 rings (SSSR count). The molecule has 0 aliphatic heterocycles. The van der Waals surface area contributed by atoms with E-state index >= 15 is 0 Å². The molecule has 1 aromatic heterocycles. The van der Waals surface area contributed by atoms with Gasteiger partial charge >= 0.3 is 0 Å². The highest BCUT2D eigenvalue weighted by molar-refractivity contribution is 5.70. The molecule has 0 spiro atoms. The smallest absolute Gasteiger partial charge is 0.174 e. The minimum absolute atomic E-state index is 0.906. The fraction of sp³-hybridized carbons (Fsp3) is 0.208. The Morgan fingerprint density at radius 3 is 2.04 bits per heavy atom. The second kappa shape index (κ2) is 8.01. The number of hydrogen-bond donors (Lipinski definition) is 0. The molecule has 0 unspecified atom stereocenters. The van der Waals surface area contributed by atoms with Crippen molar-refractivity contribution in [2.24, 2.45) is 0 Å². The molecular formula is C24H27N2+.